The fourth-order valence-corrected chi connectivity index (χ4v) is 2.40. The Hall–Kier alpha value is -2.07. The molecule has 3 aromatic rings. The van der Waals surface area contributed by atoms with Crippen molar-refractivity contribution in [1.82, 2.24) is 9.55 Å². The first-order valence-electron chi connectivity index (χ1n) is 6.80. The van der Waals surface area contributed by atoms with Gasteiger partial charge in [0, 0.05) is 34.8 Å². The molecule has 1 aromatic heterocycles. The van der Waals surface area contributed by atoms with Crippen molar-refractivity contribution in [3.8, 4) is 5.69 Å². The highest BCUT2D eigenvalue weighted by Gasteiger charge is 1.99. The van der Waals surface area contributed by atoms with Crippen LogP contribution in [0.25, 0.3) is 5.69 Å². The molecule has 0 saturated heterocycles. The fourth-order valence-electron chi connectivity index (χ4n) is 2.16. The van der Waals surface area contributed by atoms with E-state index >= 15 is 0 Å². The quantitative estimate of drug-likeness (QED) is 0.754. The minimum Gasteiger partial charge on any atom is -0.381 e. The van der Waals surface area contributed by atoms with Gasteiger partial charge in [-0.3, -0.25) is 0 Å². The molecule has 3 rings (SSSR count). The van der Waals surface area contributed by atoms with E-state index in [9.17, 15) is 0 Å². The van der Waals surface area contributed by atoms with Crippen molar-refractivity contribution in [3.05, 3.63) is 76.8 Å². The number of anilines is 1. The Labute approximate surface area is 132 Å². The molecule has 0 spiro atoms. The van der Waals surface area contributed by atoms with Crippen molar-refractivity contribution in [2.45, 2.75) is 13.5 Å². The maximum absolute atomic E-state index is 4.06. The number of imidazole rings is 1. The third-order valence-electron chi connectivity index (χ3n) is 3.39. The molecular weight excluding hydrogens is 326 g/mol. The van der Waals surface area contributed by atoms with Gasteiger partial charge in [0.15, 0.2) is 0 Å². The van der Waals surface area contributed by atoms with Crippen LogP contribution < -0.4 is 5.32 Å². The molecule has 0 aliphatic heterocycles. The Kier molecular flexibility index (Phi) is 4.06. The van der Waals surface area contributed by atoms with Crippen molar-refractivity contribution in [3.63, 3.8) is 0 Å². The lowest BCUT2D eigenvalue weighted by atomic mass is 10.2. The van der Waals surface area contributed by atoms with Crippen LogP contribution in [-0.2, 0) is 6.54 Å². The maximum atomic E-state index is 4.06. The van der Waals surface area contributed by atoms with Gasteiger partial charge in [-0.1, -0.05) is 28.1 Å². The zero-order valence-corrected chi connectivity index (χ0v) is 13.3. The molecule has 0 aliphatic rings. The molecule has 0 bridgehead atoms. The van der Waals surface area contributed by atoms with Gasteiger partial charge in [-0.25, -0.2) is 4.98 Å². The predicted molar refractivity (Wildman–Crippen MR) is 89.8 cm³/mol. The van der Waals surface area contributed by atoms with Crippen molar-refractivity contribution in [2.24, 2.45) is 0 Å². The van der Waals surface area contributed by atoms with Crippen LogP contribution in [0, 0.1) is 6.92 Å². The third-order valence-corrected chi connectivity index (χ3v) is 4.28. The SMILES string of the molecule is Cc1cc(NCc2ccc(-n3ccnc3)cc2)ccc1Br. The summed E-state index contributed by atoms with van der Waals surface area (Å²) in [5.74, 6) is 0. The molecule has 2 aromatic carbocycles. The molecule has 1 N–H and O–H groups in total. The molecule has 4 heteroatoms. The van der Waals surface area contributed by atoms with Crippen LogP contribution in [-0.4, -0.2) is 9.55 Å². The van der Waals surface area contributed by atoms with E-state index in [1.54, 1.807) is 12.5 Å². The summed E-state index contributed by atoms with van der Waals surface area (Å²) in [5.41, 5.74) is 4.74. The van der Waals surface area contributed by atoms with E-state index in [-0.39, 0.29) is 0 Å². The smallest absolute Gasteiger partial charge is 0.0991 e. The number of rotatable bonds is 4. The molecule has 21 heavy (non-hydrogen) atoms. The van der Waals surface area contributed by atoms with E-state index < -0.39 is 0 Å². The lowest BCUT2D eigenvalue weighted by Gasteiger charge is -2.09. The van der Waals surface area contributed by atoms with Gasteiger partial charge in [0.25, 0.3) is 0 Å². The summed E-state index contributed by atoms with van der Waals surface area (Å²) >= 11 is 3.52. The van der Waals surface area contributed by atoms with Crippen LogP contribution in [0.1, 0.15) is 11.1 Å². The number of hydrogen-bond acceptors (Lipinski definition) is 2. The highest BCUT2D eigenvalue weighted by atomic mass is 79.9. The third kappa shape index (κ3) is 3.34. The summed E-state index contributed by atoms with van der Waals surface area (Å²) < 4.78 is 3.13. The summed E-state index contributed by atoms with van der Waals surface area (Å²) in [5, 5.41) is 3.44. The van der Waals surface area contributed by atoms with Crippen molar-refractivity contribution in [2.75, 3.05) is 5.32 Å². The minimum absolute atomic E-state index is 0.811. The number of halogens is 1. The molecule has 0 aliphatic carbocycles. The molecular formula is C17H16BrN3. The van der Waals surface area contributed by atoms with E-state index in [1.165, 1.54) is 11.1 Å². The summed E-state index contributed by atoms with van der Waals surface area (Å²) in [6.45, 7) is 2.90. The normalized spacial score (nSPS) is 10.6. The van der Waals surface area contributed by atoms with Gasteiger partial charge in [-0.15, -0.1) is 0 Å². The first-order valence-corrected chi connectivity index (χ1v) is 7.59. The largest absolute Gasteiger partial charge is 0.381 e. The molecule has 0 atom stereocenters. The zero-order chi connectivity index (χ0) is 14.7. The molecule has 0 unspecified atom stereocenters. The summed E-state index contributed by atoms with van der Waals surface area (Å²) in [6, 6.07) is 14.8. The monoisotopic (exact) mass is 341 g/mol. The highest BCUT2D eigenvalue weighted by Crippen LogP contribution is 2.20. The van der Waals surface area contributed by atoms with Gasteiger partial charge in [-0.2, -0.15) is 0 Å². The topological polar surface area (TPSA) is 29.9 Å². The molecule has 0 fully saturated rings. The molecule has 0 amide bonds. The average molecular weight is 342 g/mol. The standard InChI is InChI=1S/C17H16BrN3/c1-13-10-15(4-7-17(13)18)20-11-14-2-5-16(6-3-14)21-9-8-19-12-21/h2-10,12,20H,11H2,1H3. The van der Waals surface area contributed by atoms with Crippen molar-refractivity contribution < 1.29 is 0 Å². The van der Waals surface area contributed by atoms with Crippen LogP contribution in [0.3, 0.4) is 0 Å². The van der Waals surface area contributed by atoms with Crippen LogP contribution >= 0.6 is 15.9 Å². The first-order chi connectivity index (χ1) is 10.2. The second-order valence-electron chi connectivity index (χ2n) is 4.95. The molecule has 3 nitrogen and oxygen atoms in total. The molecule has 0 radical (unpaired) electrons. The fraction of sp³-hybridized carbons (Fsp3) is 0.118. The second-order valence-corrected chi connectivity index (χ2v) is 5.81. The van der Waals surface area contributed by atoms with E-state index in [0.29, 0.717) is 0 Å². The Morgan fingerprint density at radius 1 is 1.14 bits per heavy atom. The van der Waals surface area contributed by atoms with E-state index in [2.05, 4.69) is 75.6 Å². The number of aromatic nitrogens is 2. The van der Waals surface area contributed by atoms with Gasteiger partial charge in [-0.05, 0) is 48.4 Å². The maximum Gasteiger partial charge on any atom is 0.0991 e. The zero-order valence-electron chi connectivity index (χ0n) is 11.8. The van der Waals surface area contributed by atoms with Gasteiger partial charge >= 0.3 is 0 Å². The van der Waals surface area contributed by atoms with Gasteiger partial charge in [0.1, 0.15) is 0 Å². The van der Waals surface area contributed by atoms with Gasteiger partial charge in [0.05, 0.1) is 6.33 Å². The van der Waals surface area contributed by atoms with Crippen molar-refractivity contribution in [1.29, 1.82) is 0 Å². The number of nitrogens with zero attached hydrogens (tertiary/aromatic N) is 2. The number of hydrogen-bond donors (Lipinski definition) is 1. The second kappa shape index (κ2) is 6.14. The lowest BCUT2D eigenvalue weighted by Crippen LogP contribution is -2.00. The number of nitrogens with one attached hydrogen (secondary N) is 1. The van der Waals surface area contributed by atoms with Crippen LogP contribution in [0.4, 0.5) is 5.69 Å². The average Bonchev–Trinajstić information content (AvgIpc) is 3.03. The van der Waals surface area contributed by atoms with Crippen LogP contribution in [0.5, 0.6) is 0 Å². The van der Waals surface area contributed by atoms with Gasteiger partial charge < -0.3 is 9.88 Å². The Morgan fingerprint density at radius 3 is 2.62 bits per heavy atom. The Balaban J connectivity index is 1.66. The number of benzene rings is 2. The Bertz CT molecular complexity index is 718. The van der Waals surface area contributed by atoms with E-state index in [1.807, 2.05) is 10.8 Å². The molecule has 0 saturated carbocycles. The van der Waals surface area contributed by atoms with Crippen LogP contribution in [0.15, 0.2) is 65.7 Å². The Morgan fingerprint density at radius 2 is 1.95 bits per heavy atom. The van der Waals surface area contributed by atoms with Crippen molar-refractivity contribution >= 4 is 21.6 Å². The summed E-state index contributed by atoms with van der Waals surface area (Å²) in [7, 11) is 0. The van der Waals surface area contributed by atoms with E-state index in [0.717, 1.165) is 22.4 Å². The number of aryl methyl sites for hydroxylation is 1. The minimum atomic E-state index is 0.811. The lowest BCUT2D eigenvalue weighted by molar-refractivity contribution is 1.05. The van der Waals surface area contributed by atoms with E-state index in [4.69, 9.17) is 0 Å². The summed E-state index contributed by atoms with van der Waals surface area (Å²) in [4.78, 5) is 4.06. The molecule has 106 valence electrons. The van der Waals surface area contributed by atoms with Crippen LogP contribution in [0.2, 0.25) is 0 Å². The predicted octanol–water partition coefficient (Wildman–Crippen LogP) is 4.56. The molecule has 1 heterocycles. The highest BCUT2D eigenvalue weighted by molar-refractivity contribution is 9.10. The van der Waals surface area contributed by atoms with Gasteiger partial charge in [0.2, 0.25) is 0 Å². The first kappa shape index (κ1) is 13.9. The summed E-state index contributed by atoms with van der Waals surface area (Å²) in [6.07, 6.45) is 5.53.